The number of carbonyl (C=O) groups excluding carboxylic acids is 1. The van der Waals surface area contributed by atoms with Crippen LogP contribution in [-0.2, 0) is 4.79 Å². The molecular formula is C14H17FN2O3. The highest BCUT2D eigenvalue weighted by Gasteiger charge is 2.45. The van der Waals surface area contributed by atoms with E-state index in [1.54, 1.807) is 6.92 Å². The number of nitrogens with two attached hydrogens (primary N) is 1. The average molecular weight is 280 g/mol. The summed E-state index contributed by atoms with van der Waals surface area (Å²) in [5, 5.41) is 12.4. The first-order valence-corrected chi connectivity index (χ1v) is 6.44. The minimum absolute atomic E-state index is 0.0321. The van der Waals surface area contributed by atoms with E-state index in [9.17, 15) is 19.1 Å². The smallest absolute Gasteiger partial charge is 0.311 e. The maximum absolute atomic E-state index is 13.2. The molecule has 20 heavy (non-hydrogen) atoms. The van der Waals surface area contributed by atoms with Gasteiger partial charge in [-0.25, -0.2) is 4.39 Å². The average Bonchev–Trinajstić information content (AvgIpc) is 2.74. The van der Waals surface area contributed by atoms with E-state index in [1.165, 1.54) is 12.1 Å². The van der Waals surface area contributed by atoms with E-state index in [0.717, 1.165) is 12.5 Å². The van der Waals surface area contributed by atoms with Crippen LogP contribution >= 0.6 is 0 Å². The summed E-state index contributed by atoms with van der Waals surface area (Å²) in [4.78, 5) is 22.7. The fourth-order valence-electron chi connectivity index (χ4n) is 2.69. The van der Waals surface area contributed by atoms with E-state index >= 15 is 0 Å². The Morgan fingerprint density at radius 2 is 2.20 bits per heavy atom. The van der Waals surface area contributed by atoms with Crippen molar-refractivity contribution in [1.82, 2.24) is 0 Å². The van der Waals surface area contributed by atoms with Crippen molar-refractivity contribution in [3.8, 4) is 0 Å². The summed E-state index contributed by atoms with van der Waals surface area (Å²) in [6, 6.07) is 3.36. The topological polar surface area (TPSA) is 92.4 Å². The molecule has 2 atom stereocenters. The van der Waals surface area contributed by atoms with Gasteiger partial charge in [-0.1, -0.05) is 6.42 Å². The molecule has 1 aliphatic rings. The number of carbonyl (C=O) groups is 2. The number of benzene rings is 1. The van der Waals surface area contributed by atoms with Crippen molar-refractivity contribution >= 4 is 17.6 Å². The molecule has 1 aromatic rings. The Bertz CT molecular complexity index is 561. The van der Waals surface area contributed by atoms with Crippen LogP contribution in [0.1, 0.15) is 36.5 Å². The molecule has 1 aliphatic carbocycles. The maximum Gasteiger partial charge on any atom is 0.311 e. The van der Waals surface area contributed by atoms with Crippen LogP contribution in [-0.4, -0.2) is 23.0 Å². The number of aliphatic carboxylic acids is 1. The molecule has 4 N–H and O–H groups in total. The zero-order chi connectivity index (χ0) is 14.9. The second-order valence-corrected chi connectivity index (χ2v) is 5.37. The zero-order valence-corrected chi connectivity index (χ0v) is 11.1. The van der Waals surface area contributed by atoms with Gasteiger partial charge >= 0.3 is 5.97 Å². The highest BCUT2D eigenvalue weighted by molar-refractivity contribution is 5.98. The number of anilines is 1. The molecule has 108 valence electrons. The standard InChI is InChI=1S/C14H17FN2O3/c1-14(13(19)20)6-2-3-11(14)17-10-5-4-8(15)7-9(10)12(16)18/h4-5,7,11,17H,2-3,6H2,1H3,(H2,16,18)(H,19,20). The quantitative estimate of drug-likeness (QED) is 0.786. The second-order valence-electron chi connectivity index (χ2n) is 5.37. The fraction of sp³-hybridized carbons (Fsp3) is 0.429. The lowest BCUT2D eigenvalue weighted by atomic mass is 9.84. The molecule has 5 nitrogen and oxygen atoms in total. The molecule has 0 saturated heterocycles. The Kier molecular flexibility index (Phi) is 3.65. The number of nitrogens with one attached hydrogen (secondary N) is 1. The van der Waals surface area contributed by atoms with Crippen molar-refractivity contribution < 1.29 is 19.1 Å². The summed E-state index contributed by atoms with van der Waals surface area (Å²) in [5.74, 6) is -2.19. The van der Waals surface area contributed by atoms with E-state index in [0.29, 0.717) is 18.5 Å². The largest absolute Gasteiger partial charge is 0.481 e. The van der Waals surface area contributed by atoms with Gasteiger partial charge in [0.25, 0.3) is 5.91 Å². The first-order valence-electron chi connectivity index (χ1n) is 6.44. The van der Waals surface area contributed by atoms with Gasteiger partial charge in [-0.3, -0.25) is 9.59 Å². The van der Waals surface area contributed by atoms with Gasteiger partial charge < -0.3 is 16.2 Å². The van der Waals surface area contributed by atoms with Gasteiger partial charge in [-0.05, 0) is 38.0 Å². The number of carboxylic acid groups (broad SMARTS) is 1. The van der Waals surface area contributed by atoms with Crippen LogP contribution in [0.3, 0.4) is 0 Å². The van der Waals surface area contributed by atoms with Crippen molar-refractivity contribution in [2.45, 2.75) is 32.2 Å². The Morgan fingerprint density at radius 1 is 1.50 bits per heavy atom. The van der Waals surface area contributed by atoms with Crippen molar-refractivity contribution in [2.75, 3.05) is 5.32 Å². The lowest BCUT2D eigenvalue weighted by molar-refractivity contribution is -0.147. The molecular weight excluding hydrogens is 263 g/mol. The molecule has 1 aromatic carbocycles. The lowest BCUT2D eigenvalue weighted by Crippen LogP contribution is -2.40. The number of hydrogen-bond acceptors (Lipinski definition) is 3. The van der Waals surface area contributed by atoms with Gasteiger partial charge in [0.05, 0.1) is 11.0 Å². The minimum atomic E-state index is -0.900. The third kappa shape index (κ3) is 2.45. The number of rotatable bonds is 4. The van der Waals surface area contributed by atoms with Crippen molar-refractivity contribution in [2.24, 2.45) is 11.1 Å². The highest BCUT2D eigenvalue weighted by Crippen LogP contribution is 2.40. The van der Waals surface area contributed by atoms with Gasteiger partial charge in [-0.2, -0.15) is 0 Å². The van der Waals surface area contributed by atoms with Crippen LogP contribution < -0.4 is 11.1 Å². The Balaban J connectivity index is 2.31. The third-order valence-electron chi connectivity index (χ3n) is 4.02. The number of carboxylic acids is 1. The first kappa shape index (κ1) is 14.3. The molecule has 1 saturated carbocycles. The van der Waals surface area contributed by atoms with Crippen LogP contribution in [0.15, 0.2) is 18.2 Å². The van der Waals surface area contributed by atoms with Gasteiger partial charge in [0.1, 0.15) is 5.82 Å². The van der Waals surface area contributed by atoms with Crippen molar-refractivity contribution in [3.63, 3.8) is 0 Å². The SMILES string of the molecule is CC1(C(=O)O)CCCC1Nc1ccc(F)cc1C(N)=O. The van der Waals surface area contributed by atoms with Crippen LogP contribution in [0.25, 0.3) is 0 Å². The highest BCUT2D eigenvalue weighted by atomic mass is 19.1. The summed E-state index contributed by atoms with van der Waals surface area (Å²) in [7, 11) is 0. The van der Waals surface area contributed by atoms with E-state index in [1.807, 2.05) is 0 Å². The Labute approximate surface area is 116 Å². The van der Waals surface area contributed by atoms with Gasteiger partial charge in [0, 0.05) is 11.7 Å². The summed E-state index contributed by atoms with van der Waals surface area (Å²) >= 11 is 0. The van der Waals surface area contributed by atoms with Crippen LogP contribution in [0.4, 0.5) is 10.1 Å². The molecule has 6 heteroatoms. The molecule has 0 spiro atoms. The molecule has 2 rings (SSSR count). The van der Waals surface area contributed by atoms with Gasteiger partial charge in [0.15, 0.2) is 0 Å². The third-order valence-corrected chi connectivity index (χ3v) is 4.02. The first-order chi connectivity index (χ1) is 9.34. The number of amides is 1. The van der Waals surface area contributed by atoms with Gasteiger partial charge in [-0.15, -0.1) is 0 Å². The summed E-state index contributed by atoms with van der Waals surface area (Å²) in [5.41, 5.74) is 4.73. The lowest BCUT2D eigenvalue weighted by Gasteiger charge is -2.29. The monoisotopic (exact) mass is 280 g/mol. The van der Waals surface area contributed by atoms with Crippen LogP contribution in [0, 0.1) is 11.2 Å². The predicted molar refractivity (Wildman–Crippen MR) is 71.9 cm³/mol. The van der Waals surface area contributed by atoms with E-state index in [2.05, 4.69) is 5.32 Å². The van der Waals surface area contributed by atoms with Crippen molar-refractivity contribution in [3.05, 3.63) is 29.6 Å². The van der Waals surface area contributed by atoms with E-state index in [4.69, 9.17) is 5.73 Å². The van der Waals surface area contributed by atoms with Crippen LogP contribution in [0.2, 0.25) is 0 Å². The molecule has 0 heterocycles. The van der Waals surface area contributed by atoms with Crippen molar-refractivity contribution in [1.29, 1.82) is 0 Å². The summed E-state index contributed by atoms with van der Waals surface area (Å²) in [6.07, 6.45) is 2.03. The molecule has 0 aliphatic heterocycles. The summed E-state index contributed by atoms with van der Waals surface area (Å²) < 4.78 is 13.2. The van der Waals surface area contributed by atoms with Gasteiger partial charge in [0.2, 0.25) is 0 Å². The molecule has 0 radical (unpaired) electrons. The predicted octanol–water partition coefficient (Wildman–Crippen LogP) is 1.98. The molecule has 1 amide bonds. The molecule has 1 fully saturated rings. The number of primary amides is 1. The fourth-order valence-corrected chi connectivity index (χ4v) is 2.69. The second kappa shape index (κ2) is 5.11. The summed E-state index contributed by atoms with van der Waals surface area (Å²) in [6.45, 7) is 1.67. The molecule has 0 aromatic heterocycles. The normalized spacial score (nSPS) is 25.4. The number of hydrogen-bond donors (Lipinski definition) is 3. The van der Waals surface area contributed by atoms with Crippen LogP contribution in [0.5, 0.6) is 0 Å². The minimum Gasteiger partial charge on any atom is -0.481 e. The maximum atomic E-state index is 13.2. The van der Waals surface area contributed by atoms with E-state index in [-0.39, 0.29) is 11.6 Å². The Hall–Kier alpha value is -2.11. The van der Waals surface area contributed by atoms with E-state index < -0.39 is 23.1 Å². The Morgan fingerprint density at radius 3 is 2.80 bits per heavy atom. The zero-order valence-electron chi connectivity index (χ0n) is 11.1. The molecule has 0 bridgehead atoms. The number of halogens is 1. The molecule has 2 unspecified atom stereocenters.